The Bertz CT molecular complexity index is 309. The molecule has 1 saturated carbocycles. The van der Waals surface area contributed by atoms with Crippen LogP contribution in [0.1, 0.15) is 46.5 Å². The summed E-state index contributed by atoms with van der Waals surface area (Å²) in [6, 6.07) is 0. The second-order valence-corrected chi connectivity index (χ2v) is 6.20. The highest BCUT2D eigenvalue weighted by molar-refractivity contribution is 5.81. The predicted molar refractivity (Wildman–Crippen MR) is 82.3 cm³/mol. The highest BCUT2D eigenvalue weighted by Gasteiger charge is 2.46. The monoisotopic (exact) mass is 301 g/mol. The van der Waals surface area contributed by atoms with Crippen molar-refractivity contribution in [3.8, 4) is 0 Å². The number of carbonyl (C=O) groups excluding carboxylic acids is 1. The number of ether oxygens (including phenoxy) is 3. The zero-order valence-electron chi connectivity index (χ0n) is 13.9. The fourth-order valence-corrected chi connectivity index (χ4v) is 2.71. The van der Waals surface area contributed by atoms with Gasteiger partial charge in [0.15, 0.2) is 0 Å². The molecule has 0 aromatic heterocycles. The Morgan fingerprint density at radius 3 is 2.76 bits per heavy atom. The number of carbonyl (C=O) groups is 1. The van der Waals surface area contributed by atoms with E-state index >= 15 is 0 Å². The van der Waals surface area contributed by atoms with Crippen LogP contribution in [0.2, 0.25) is 0 Å². The van der Waals surface area contributed by atoms with E-state index in [1.54, 1.807) is 0 Å². The first-order valence-electron chi connectivity index (χ1n) is 8.07. The second kappa shape index (κ2) is 9.38. The van der Waals surface area contributed by atoms with Gasteiger partial charge in [0.1, 0.15) is 5.54 Å². The second-order valence-electron chi connectivity index (χ2n) is 6.20. The molecule has 0 amide bonds. The van der Waals surface area contributed by atoms with E-state index in [-0.39, 0.29) is 12.1 Å². The van der Waals surface area contributed by atoms with Crippen LogP contribution in [0.15, 0.2) is 0 Å². The first-order valence-corrected chi connectivity index (χ1v) is 8.07. The third kappa shape index (κ3) is 5.93. The summed E-state index contributed by atoms with van der Waals surface area (Å²) in [5.74, 6) is 0.375. The Balaban J connectivity index is 2.35. The van der Waals surface area contributed by atoms with Gasteiger partial charge in [-0.15, -0.1) is 0 Å². The summed E-state index contributed by atoms with van der Waals surface area (Å²) >= 11 is 0. The zero-order chi connectivity index (χ0) is 15.7. The molecular weight excluding hydrogens is 270 g/mol. The molecule has 0 aliphatic heterocycles. The van der Waals surface area contributed by atoms with Gasteiger partial charge in [-0.25, -0.2) is 0 Å². The van der Waals surface area contributed by atoms with Gasteiger partial charge < -0.3 is 19.5 Å². The van der Waals surface area contributed by atoms with E-state index in [4.69, 9.17) is 14.2 Å². The summed E-state index contributed by atoms with van der Waals surface area (Å²) in [5, 5.41) is 3.36. The number of methoxy groups -OCH3 is 1. The minimum atomic E-state index is -0.561. The lowest BCUT2D eigenvalue weighted by Gasteiger charge is -2.27. The smallest absolute Gasteiger partial charge is 0.326 e. The Hall–Kier alpha value is -0.650. The lowest BCUT2D eigenvalue weighted by Crippen LogP contribution is -2.51. The van der Waals surface area contributed by atoms with Crippen LogP contribution in [0.5, 0.6) is 0 Å². The lowest BCUT2D eigenvalue weighted by atomic mass is 9.97. The van der Waals surface area contributed by atoms with Crippen molar-refractivity contribution in [2.24, 2.45) is 5.92 Å². The maximum Gasteiger partial charge on any atom is 0.326 e. The van der Waals surface area contributed by atoms with Crippen molar-refractivity contribution in [2.75, 3.05) is 33.5 Å². The third-order valence-electron chi connectivity index (χ3n) is 3.79. The minimum absolute atomic E-state index is 0.108. The van der Waals surface area contributed by atoms with E-state index < -0.39 is 5.54 Å². The molecule has 1 fully saturated rings. The molecule has 2 unspecified atom stereocenters. The average molecular weight is 301 g/mol. The van der Waals surface area contributed by atoms with Crippen LogP contribution < -0.4 is 5.32 Å². The van der Waals surface area contributed by atoms with Gasteiger partial charge in [-0.3, -0.25) is 4.79 Å². The van der Waals surface area contributed by atoms with Crippen molar-refractivity contribution in [3.05, 3.63) is 0 Å². The normalized spacial score (nSPS) is 25.5. The van der Waals surface area contributed by atoms with Gasteiger partial charge in [0.25, 0.3) is 0 Å². The largest absolute Gasteiger partial charge is 0.468 e. The number of nitrogens with one attached hydrogen (secondary N) is 1. The number of esters is 1. The van der Waals surface area contributed by atoms with Crippen LogP contribution in [-0.2, 0) is 19.0 Å². The summed E-state index contributed by atoms with van der Waals surface area (Å²) in [4.78, 5) is 12.1. The molecule has 1 aliphatic rings. The standard InChI is InChI=1S/C16H31NO4/c1-5-8-17-16(15(18)19-4)7-6-14(11-16)21-10-9-20-12-13(2)3/h13-14,17H,5-12H2,1-4H3. The summed E-state index contributed by atoms with van der Waals surface area (Å²) in [6.07, 6.45) is 3.45. The van der Waals surface area contributed by atoms with Gasteiger partial charge in [-0.1, -0.05) is 20.8 Å². The van der Waals surface area contributed by atoms with Gasteiger partial charge in [-0.05, 0) is 31.7 Å². The lowest BCUT2D eigenvalue weighted by molar-refractivity contribution is -0.149. The third-order valence-corrected chi connectivity index (χ3v) is 3.79. The average Bonchev–Trinajstić information content (AvgIpc) is 2.88. The van der Waals surface area contributed by atoms with Crippen molar-refractivity contribution < 1.29 is 19.0 Å². The Morgan fingerprint density at radius 1 is 1.38 bits per heavy atom. The van der Waals surface area contributed by atoms with Gasteiger partial charge in [0, 0.05) is 13.0 Å². The summed E-state index contributed by atoms with van der Waals surface area (Å²) in [7, 11) is 1.45. The van der Waals surface area contributed by atoms with Gasteiger partial charge in [0.2, 0.25) is 0 Å². The molecule has 0 spiro atoms. The summed E-state index contributed by atoms with van der Waals surface area (Å²) in [6.45, 7) is 9.12. The summed E-state index contributed by atoms with van der Waals surface area (Å²) < 4.78 is 16.3. The van der Waals surface area contributed by atoms with Gasteiger partial charge in [0.05, 0.1) is 26.4 Å². The highest BCUT2D eigenvalue weighted by atomic mass is 16.5. The van der Waals surface area contributed by atoms with Crippen molar-refractivity contribution >= 4 is 5.97 Å². The zero-order valence-corrected chi connectivity index (χ0v) is 13.9. The van der Waals surface area contributed by atoms with E-state index in [1.807, 2.05) is 0 Å². The predicted octanol–water partition coefficient (Wildman–Crippen LogP) is 2.14. The molecule has 2 atom stereocenters. The van der Waals surface area contributed by atoms with E-state index in [0.717, 1.165) is 32.4 Å². The van der Waals surface area contributed by atoms with E-state index in [2.05, 4.69) is 26.1 Å². The molecule has 5 nitrogen and oxygen atoms in total. The van der Waals surface area contributed by atoms with Crippen LogP contribution in [0.3, 0.4) is 0 Å². The molecule has 0 radical (unpaired) electrons. The van der Waals surface area contributed by atoms with E-state index in [9.17, 15) is 4.79 Å². The van der Waals surface area contributed by atoms with Crippen molar-refractivity contribution in [1.82, 2.24) is 5.32 Å². The first-order chi connectivity index (χ1) is 10.0. The molecule has 0 saturated heterocycles. The molecule has 1 aliphatic carbocycles. The highest BCUT2D eigenvalue weighted by Crippen LogP contribution is 2.33. The molecule has 0 bridgehead atoms. The molecule has 0 aromatic rings. The molecular formula is C16H31NO4. The Morgan fingerprint density at radius 2 is 2.14 bits per heavy atom. The van der Waals surface area contributed by atoms with Crippen molar-refractivity contribution in [3.63, 3.8) is 0 Å². The molecule has 5 heteroatoms. The van der Waals surface area contributed by atoms with Crippen LogP contribution >= 0.6 is 0 Å². The van der Waals surface area contributed by atoms with E-state index in [0.29, 0.717) is 25.6 Å². The first kappa shape index (κ1) is 18.4. The molecule has 0 aromatic carbocycles. The van der Waals surface area contributed by atoms with Gasteiger partial charge >= 0.3 is 5.97 Å². The molecule has 1 N–H and O–H groups in total. The SMILES string of the molecule is CCCNC1(C(=O)OC)CCC(OCCOCC(C)C)C1. The van der Waals surface area contributed by atoms with Crippen molar-refractivity contribution in [1.29, 1.82) is 0 Å². The van der Waals surface area contributed by atoms with Crippen molar-refractivity contribution in [2.45, 2.75) is 58.1 Å². The van der Waals surface area contributed by atoms with Crippen LogP contribution in [0.25, 0.3) is 0 Å². The van der Waals surface area contributed by atoms with Crippen LogP contribution in [0.4, 0.5) is 0 Å². The number of hydrogen-bond donors (Lipinski definition) is 1. The molecule has 124 valence electrons. The topological polar surface area (TPSA) is 56.8 Å². The summed E-state index contributed by atoms with van der Waals surface area (Å²) in [5.41, 5.74) is -0.561. The quantitative estimate of drug-likeness (QED) is 0.495. The fourth-order valence-electron chi connectivity index (χ4n) is 2.71. The van der Waals surface area contributed by atoms with E-state index in [1.165, 1.54) is 7.11 Å². The van der Waals surface area contributed by atoms with Crippen LogP contribution in [0, 0.1) is 5.92 Å². The van der Waals surface area contributed by atoms with Crippen LogP contribution in [-0.4, -0.2) is 51.1 Å². The Labute approximate surface area is 128 Å². The molecule has 1 rings (SSSR count). The fraction of sp³-hybridized carbons (Fsp3) is 0.938. The molecule has 0 heterocycles. The minimum Gasteiger partial charge on any atom is -0.468 e. The Kier molecular flexibility index (Phi) is 8.22. The number of hydrogen-bond acceptors (Lipinski definition) is 5. The maximum atomic E-state index is 12.1. The maximum absolute atomic E-state index is 12.1. The van der Waals surface area contributed by atoms with Gasteiger partial charge in [-0.2, -0.15) is 0 Å². The number of rotatable bonds is 10. The molecule has 21 heavy (non-hydrogen) atoms.